The number of rotatable bonds is 7. The van der Waals surface area contributed by atoms with E-state index in [1.165, 1.54) is 0 Å². The molecule has 0 aliphatic rings. The molecule has 0 aliphatic carbocycles. The first-order chi connectivity index (χ1) is 13.4. The molecule has 28 heavy (non-hydrogen) atoms. The van der Waals surface area contributed by atoms with Crippen LogP contribution in [0.25, 0.3) is 11.3 Å². The number of hydrogen-bond acceptors (Lipinski definition) is 6. The molecule has 3 N–H and O–H groups in total. The summed E-state index contributed by atoms with van der Waals surface area (Å²) < 4.78 is 7.39. The molecule has 0 unspecified atom stereocenters. The third-order valence-electron chi connectivity index (χ3n) is 3.92. The second kappa shape index (κ2) is 8.51. The molecule has 0 saturated heterocycles. The van der Waals surface area contributed by atoms with Gasteiger partial charge in [0, 0.05) is 35.6 Å². The number of carbonyl (C=O) groups is 1. The lowest BCUT2D eigenvalue weighted by atomic mass is 10.1. The Morgan fingerprint density at radius 1 is 1.21 bits per heavy atom. The predicted molar refractivity (Wildman–Crippen MR) is 107 cm³/mol. The molecule has 0 aliphatic heterocycles. The number of nitrogens with zero attached hydrogens (tertiary/aromatic N) is 4. The normalized spacial score (nSPS) is 12.0. The minimum Gasteiger partial charge on any atom is -0.475 e. The predicted octanol–water partition coefficient (Wildman–Crippen LogP) is 2.53. The number of anilines is 1. The lowest BCUT2D eigenvalue weighted by Gasteiger charge is -2.14. The lowest BCUT2D eigenvalue weighted by Crippen LogP contribution is -2.35. The Morgan fingerprint density at radius 2 is 1.96 bits per heavy atom. The van der Waals surface area contributed by atoms with E-state index in [4.69, 9.17) is 10.5 Å². The number of nitrogens with two attached hydrogens (primary N) is 1. The Labute approximate surface area is 163 Å². The summed E-state index contributed by atoms with van der Waals surface area (Å²) in [6, 6.07) is 10.7. The summed E-state index contributed by atoms with van der Waals surface area (Å²) in [6.45, 7) is 6.38. The lowest BCUT2D eigenvalue weighted by molar-refractivity contribution is 0.0936. The van der Waals surface area contributed by atoms with Gasteiger partial charge >= 0.3 is 0 Å². The molecule has 2 heterocycles. The van der Waals surface area contributed by atoms with E-state index < -0.39 is 0 Å². The summed E-state index contributed by atoms with van der Waals surface area (Å²) in [5, 5.41) is 7.11. The van der Waals surface area contributed by atoms with Gasteiger partial charge in [-0.15, -0.1) is 0 Å². The van der Waals surface area contributed by atoms with Gasteiger partial charge in [0.05, 0.1) is 18.3 Å². The van der Waals surface area contributed by atoms with Gasteiger partial charge in [-0.3, -0.25) is 9.48 Å². The SMILES string of the molecule is CC(C)Oc1cc(-c2ccc(C(=O)N[C@H](C)Cn3cccn3)cc2)nc(N)n1. The number of aromatic nitrogens is 4. The Kier molecular flexibility index (Phi) is 5.88. The number of benzene rings is 1. The van der Waals surface area contributed by atoms with Crippen LogP contribution >= 0.6 is 0 Å². The minimum atomic E-state index is -0.141. The molecule has 146 valence electrons. The highest BCUT2D eigenvalue weighted by Gasteiger charge is 2.12. The molecule has 1 aromatic carbocycles. The molecular weight excluding hydrogens is 356 g/mol. The first-order valence-electron chi connectivity index (χ1n) is 9.10. The summed E-state index contributed by atoms with van der Waals surface area (Å²) in [7, 11) is 0. The van der Waals surface area contributed by atoms with E-state index in [9.17, 15) is 4.79 Å². The van der Waals surface area contributed by atoms with Gasteiger partial charge in [0.25, 0.3) is 5.91 Å². The molecule has 3 rings (SSSR count). The number of carbonyl (C=O) groups excluding carboxylic acids is 1. The van der Waals surface area contributed by atoms with E-state index in [0.29, 0.717) is 23.7 Å². The number of ether oxygens (including phenoxy) is 1. The van der Waals surface area contributed by atoms with Crippen LogP contribution in [0.5, 0.6) is 5.88 Å². The van der Waals surface area contributed by atoms with Crippen molar-refractivity contribution in [1.29, 1.82) is 0 Å². The Bertz CT molecular complexity index is 922. The fourth-order valence-corrected chi connectivity index (χ4v) is 2.73. The van der Waals surface area contributed by atoms with Gasteiger partial charge in [-0.2, -0.15) is 10.1 Å². The van der Waals surface area contributed by atoms with E-state index >= 15 is 0 Å². The maximum atomic E-state index is 12.5. The Balaban J connectivity index is 1.69. The van der Waals surface area contributed by atoms with E-state index in [0.717, 1.165) is 5.56 Å². The van der Waals surface area contributed by atoms with E-state index in [1.54, 1.807) is 29.1 Å². The van der Waals surface area contributed by atoms with Crippen LogP contribution in [0.1, 0.15) is 31.1 Å². The van der Waals surface area contributed by atoms with Gasteiger partial charge < -0.3 is 15.8 Å². The largest absolute Gasteiger partial charge is 0.475 e. The van der Waals surface area contributed by atoms with E-state index in [-0.39, 0.29) is 24.0 Å². The van der Waals surface area contributed by atoms with Crippen LogP contribution in [0, 0.1) is 0 Å². The molecule has 1 amide bonds. The van der Waals surface area contributed by atoms with Crippen molar-refractivity contribution in [1.82, 2.24) is 25.1 Å². The maximum absolute atomic E-state index is 12.5. The van der Waals surface area contributed by atoms with Crippen molar-refractivity contribution in [2.75, 3.05) is 5.73 Å². The summed E-state index contributed by atoms with van der Waals surface area (Å²) in [5.41, 5.74) is 7.82. The van der Waals surface area contributed by atoms with Crippen molar-refractivity contribution in [2.24, 2.45) is 0 Å². The number of nitrogens with one attached hydrogen (secondary N) is 1. The van der Waals surface area contributed by atoms with Crippen LogP contribution in [-0.4, -0.2) is 37.8 Å². The average molecular weight is 380 g/mol. The molecule has 0 fully saturated rings. The molecule has 1 atom stereocenters. The van der Waals surface area contributed by atoms with Crippen LogP contribution in [0.4, 0.5) is 5.95 Å². The van der Waals surface area contributed by atoms with Gasteiger partial charge in [-0.05, 0) is 39.0 Å². The average Bonchev–Trinajstić information content (AvgIpc) is 3.13. The van der Waals surface area contributed by atoms with Crippen LogP contribution in [0.15, 0.2) is 48.8 Å². The van der Waals surface area contributed by atoms with Crippen LogP contribution < -0.4 is 15.8 Å². The summed E-state index contributed by atoms with van der Waals surface area (Å²) in [4.78, 5) is 20.8. The van der Waals surface area contributed by atoms with Crippen molar-refractivity contribution < 1.29 is 9.53 Å². The standard InChI is InChI=1S/C20H24N6O2/c1-13(2)28-18-11-17(24-20(21)25-18)15-5-7-16(8-6-15)19(27)23-14(3)12-26-10-4-9-22-26/h4-11,13-14H,12H2,1-3H3,(H,23,27)(H2,21,24,25)/t14-/m1/s1. The Morgan fingerprint density at radius 3 is 2.61 bits per heavy atom. The molecule has 2 aromatic heterocycles. The molecule has 0 saturated carbocycles. The first kappa shape index (κ1) is 19.3. The summed E-state index contributed by atoms with van der Waals surface area (Å²) >= 11 is 0. The van der Waals surface area contributed by atoms with Crippen molar-refractivity contribution in [3.8, 4) is 17.1 Å². The third-order valence-corrected chi connectivity index (χ3v) is 3.92. The monoisotopic (exact) mass is 380 g/mol. The topological polar surface area (TPSA) is 108 Å². The first-order valence-corrected chi connectivity index (χ1v) is 9.10. The fourth-order valence-electron chi connectivity index (χ4n) is 2.73. The number of amides is 1. The van der Waals surface area contributed by atoms with Crippen molar-refractivity contribution in [3.05, 3.63) is 54.4 Å². The molecule has 0 radical (unpaired) electrons. The van der Waals surface area contributed by atoms with Crippen molar-refractivity contribution >= 4 is 11.9 Å². The highest BCUT2D eigenvalue weighted by Crippen LogP contribution is 2.23. The van der Waals surface area contributed by atoms with E-state index in [2.05, 4.69) is 20.4 Å². The molecule has 0 spiro atoms. The van der Waals surface area contributed by atoms with Gasteiger partial charge in [0.1, 0.15) is 0 Å². The number of nitrogen functional groups attached to an aromatic ring is 1. The third kappa shape index (κ3) is 5.06. The zero-order valence-electron chi connectivity index (χ0n) is 16.2. The van der Waals surface area contributed by atoms with Gasteiger partial charge in [0.15, 0.2) is 0 Å². The fraction of sp³-hybridized carbons (Fsp3) is 0.300. The summed E-state index contributed by atoms with van der Waals surface area (Å²) in [5.74, 6) is 0.423. The molecule has 3 aromatic rings. The van der Waals surface area contributed by atoms with Crippen molar-refractivity contribution in [2.45, 2.75) is 39.5 Å². The van der Waals surface area contributed by atoms with E-state index in [1.807, 2.05) is 45.2 Å². The molecule has 8 heteroatoms. The summed E-state index contributed by atoms with van der Waals surface area (Å²) in [6.07, 6.45) is 3.56. The highest BCUT2D eigenvalue weighted by atomic mass is 16.5. The Hall–Kier alpha value is -3.42. The van der Waals surface area contributed by atoms with Crippen LogP contribution in [0.2, 0.25) is 0 Å². The smallest absolute Gasteiger partial charge is 0.251 e. The molecule has 8 nitrogen and oxygen atoms in total. The zero-order valence-corrected chi connectivity index (χ0v) is 16.2. The van der Waals surface area contributed by atoms with Crippen LogP contribution in [-0.2, 0) is 6.54 Å². The quantitative estimate of drug-likeness (QED) is 0.652. The molecular formula is C20H24N6O2. The zero-order chi connectivity index (χ0) is 20.1. The molecule has 0 bridgehead atoms. The second-order valence-electron chi connectivity index (χ2n) is 6.80. The van der Waals surface area contributed by atoms with Gasteiger partial charge in [-0.1, -0.05) is 12.1 Å². The van der Waals surface area contributed by atoms with Crippen molar-refractivity contribution in [3.63, 3.8) is 0 Å². The van der Waals surface area contributed by atoms with Crippen LogP contribution in [0.3, 0.4) is 0 Å². The van der Waals surface area contributed by atoms with Gasteiger partial charge in [-0.25, -0.2) is 4.98 Å². The second-order valence-corrected chi connectivity index (χ2v) is 6.80. The number of hydrogen-bond donors (Lipinski definition) is 2. The maximum Gasteiger partial charge on any atom is 0.251 e. The van der Waals surface area contributed by atoms with Gasteiger partial charge in [0.2, 0.25) is 11.8 Å². The minimum absolute atomic E-state index is 0.0167. The highest BCUT2D eigenvalue weighted by molar-refractivity contribution is 5.94.